The molecule has 1 aromatic carbocycles. The molecular formula is C14H11N3O2S. The van der Waals surface area contributed by atoms with Crippen molar-refractivity contribution in [2.24, 2.45) is 0 Å². The van der Waals surface area contributed by atoms with Gasteiger partial charge in [-0.05, 0) is 25.1 Å². The van der Waals surface area contributed by atoms with E-state index in [2.05, 4.69) is 10.3 Å². The lowest BCUT2D eigenvalue weighted by atomic mass is 10.1. The highest BCUT2D eigenvalue weighted by molar-refractivity contribution is 7.15. The zero-order valence-corrected chi connectivity index (χ0v) is 11.5. The van der Waals surface area contributed by atoms with Gasteiger partial charge in [0.25, 0.3) is 5.91 Å². The summed E-state index contributed by atoms with van der Waals surface area (Å²) in [6, 6.07) is 5.72. The number of aromatic nitrogens is 2. The number of anilines is 1. The molecule has 0 aliphatic carbocycles. The van der Waals surface area contributed by atoms with Crippen molar-refractivity contribution in [3.63, 3.8) is 0 Å². The second kappa shape index (κ2) is 4.08. The molecule has 1 atom stereocenters. The molecule has 0 radical (unpaired) electrons. The van der Waals surface area contributed by atoms with Gasteiger partial charge < -0.3 is 10.1 Å². The molecule has 20 heavy (non-hydrogen) atoms. The number of thiazole rings is 1. The standard InChI is InChI=1S/C14H11N3O2S/c1-8-13(18)15-10-6-9(2-3-12(10)19-8)11-7-17-4-5-20-14(17)16-11/h2-8H,1H3,(H,15,18). The van der Waals surface area contributed by atoms with Gasteiger partial charge in [0.1, 0.15) is 5.75 Å². The average molecular weight is 285 g/mol. The normalized spacial score (nSPS) is 17.6. The van der Waals surface area contributed by atoms with Crippen LogP contribution in [0.25, 0.3) is 16.2 Å². The van der Waals surface area contributed by atoms with E-state index in [0.29, 0.717) is 11.4 Å². The van der Waals surface area contributed by atoms with Crippen molar-refractivity contribution in [2.45, 2.75) is 13.0 Å². The van der Waals surface area contributed by atoms with Gasteiger partial charge in [0.05, 0.1) is 11.4 Å². The molecule has 5 nitrogen and oxygen atoms in total. The topological polar surface area (TPSA) is 55.6 Å². The number of ether oxygens (including phenoxy) is 1. The lowest BCUT2D eigenvalue weighted by molar-refractivity contribution is -0.122. The lowest BCUT2D eigenvalue weighted by Gasteiger charge is -2.23. The number of nitrogens with zero attached hydrogens (tertiary/aromatic N) is 2. The van der Waals surface area contributed by atoms with Crippen LogP contribution in [0.15, 0.2) is 36.0 Å². The Morgan fingerprint density at radius 3 is 3.20 bits per heavy atom. The van der Waals surface area contributed by atoms with Crippen LogP contribution in [0, 0.1) is 0 Å². The molecule has 4 rings (SSSR count). The maximum Gasteiger partial charge on any atom is 0.265 e. The number of hydrogen-bond acceptors (Lipinski definition) is 4. The van der Waals surface area contributed by atoms with E-state index >= 15 is 0 Å². The quantitative estimate of drug-likeness (QED) is 0.748. The van der Waals surface area contributed by atoms with Crippen molar-refractivity contribution in [1.82, 2.24) is 9.38 Å². The first-order valence-electron chi connectivity index (χ1n) is 6.25. The summed E-state index contributed by atoms with van der Waals surface area (Å²) < 4.78 is 7.53. The Hall–Kier alpha value is -2.34. The minimum absolute atomic E-state index is 0.125. The molecule has 3 heterocycles. The molecular weight excluding hydrogens is 274 g/mol. The predicted octanol–water partition coefficient (Wildman–Crippen LogP) is 2.78. The number of nitrogens with one attached hydrogen (secondary N) is 1. The third kappa shape index (κ3) is 1.69. The number of hydrogen-bond donors (Lipinski definition) is 1. The van der Waals surface area contributed by atoms with Gasteiger partial charge in [-0.15, -0.1) is 11.3 Å². The van der Waals surface area contributed by atoms with Gasteiger partial charge in [0.15, 0.2) is 11.1 Å². The van der Waals surface area contributed by atoms with Gasteiger partial charge in [0.2, 0.25) is 0 Å². The molecule has 2 aromatic heterocycles. The largest absolute Gasteiger partial charge is 0.479 e. The summed E-state index contributed by atoms with van der Waals surface area (Å²) in [7, 11) is 0. The van der Waals surface area contributed by atoms with Crippen molar-refractivity contribution >= 4 is 27.9 Å². The third-order valence-corrected chi connectivity index (χ3v) is 4.07. The second-order valence-electron chi connectivity index (χ2n) is 4.68. The van der Waals surface area contributed by atoms with Crippen molar-refractivity contribution < 1.29 is 9.53 Å². The number of fused-ring (bicyclic) bond motifs is 2. The van der Waals surface area contributed by atoms with E-state index in [1.807, 2.05) is 40.4 Å². The fourth-order valence-corrected chi connectivity index (χ4v) is 2.93. The highest BCUT2D eigenvalue weighted by Gasteiger charge is 2.23. The monoisotopic (exact) mass is 285 g/mol. The third-order valence-electron chi connectivity index (χ3n) is 3.30. The van der Waals surface area contributed by atoms with E-state index in [4.69, 9.17) is 4.74 Å². The minimum atomic E-state index is -0.453. The highest BCUT2D eigenvalue weighted by atomic mass is 32.1. The van der Waals surface area contributed by atoms with E-state index in [9.17, 15) is 4.79 Å². The number of rotatable bonds is 1. The van der Waals surface area contributed by atoms with Crippen LogP contribution in [-0.2, 0) is 4.79 Å². The van der Waals surface area contributed by atoms with Crippen LogP contribution in [0.1, 0.15) is 6.92 Å². The molecule has 100 valence electrons. The van der Waals surface area contributed by atoms with Gasteiger partial charge in [-0.2, -0.15) is 0 Å². The molecule has 3 aromatic rings. The van der Waals surface area contributed by atoms with E-state index in [1.54, 1.807) is 18.3 Å². The summed E-state index contributed by atoms with van der Waals surface area (Å²) in [6.07, 6.45) is 3.50. The summed E-state index contributed by atoms with van der Waals surface area (Å²) in [4.78, 5) is 17.2. The molecule has 1 N–H and O–H groups in total. The van der Waals surface area contributed by atoms with Gasteiger partial charge in [-0.1, -0.05) is 0 Å². The van der Waals surface area contributed by atoms with E-state index < -0.39 is 6.10 Å². The number of imidazole rings is 1. The number of amides is 1. The van der Waals surface area contributed by atoms with Crippen LogP contribution < -0.4 is 10.1 Å². The van der Waals surface area contributed by atoms with Gasteiger partial charge in [0, 0.05) is 23.3 Å². The van der Waals surface area contributed by atoms with Crippen LogP contribution in [0.2, 0.25) is 0 Å². The zero-order chi connectivity index (χ0) is 13.7. The Morgan fingerprint density at radius 1 is 1.45 bits per heavy atom. The molecule has 1 aliphatic rings. The van der Waals surface area contributed by atoms with E-state index in [0.717, 1.165) is 16.2 Å². The van der Waals surface area contributed by atoms with Crippen molar-refractivity contribution in [2.75, 3.05) is 5.32 Å². The van der Waals surface area contributed by atoms with Crippen LogP contribution in [0.4, 0.5) is 5.69 Å². The second-order valence-corrected chi connectivity index (χ2v) is 5.55. The summed E-state index contributed by atoms with van der Waals surface area (Å²) in [5.74, 6) is 0.572. The van der Waals surface area contributed by atoms with Crippen molar-refractivity contribution in [1.29, 1.82) is 0 Å². The van der Waals surface area contributed by atoms with Crippen molar-refractivity contribution in [3.8, 4) is 17.0 Å². The summed E-state index contributed by atoms with van der Waals surface area (Å²) >= 11 is 1.59. The van der Waals surface area contributed by atoms with E-state index in [-0.39, 0.29) is 5.91 Å². The van der Waals surface area contributed by atoms with Gasteiger partial charge in [-0.25, -0.2) is 4.98 Å². The van der Waals surface area contributed by atoms with Crippen LogP contribution in [0.3, 0.4) is 0 Å². The zero-order valence-electron chi connectivity index (χ0n) is 10.7. The smallest absolute Gasteiger partial charge is 0.265 e. The fourth-order valence-electron chi connectivity index (χ4n) is 2.23. The molecule has 0 spiro atoms. The van der Waals surface area contributed by atoms with Crippen LogP contribution in [0.5, 0.6) is 5.75 Å². The average Bonchev–Trinajstić information content (AvgIpc) is 3.00. The Morgan fingerprint density at radius 2 is 2.35 bits per heavy atom. The first-order valence-corrected chi connectivity index (χ1v) is 7.13. The number of carbonyl (C=O) groups is 1. The first-order chi connectivity index (χ1) is 9.70. The highest BCUT2D eigenvalue weighted by Crippen LogP contribution is 2.34. The lowest BCUT2D eigenvalue weighted by Crippen LogP contribution is -2.34. The number of benzene rings is 1. The Kier molecular flexibility index (Phi) is 2.34. The summed E-state index contributed by atoms with van der Waals surface area (Å²) in [6.45, 7) is 1.73. The Bertz CT molecular complexity index is 792. The maximum absolute atomic E-state index is 11.6. The SMILES string of the molecule is CC1Oc2ccc(-c3cn4ccsc4n3)cc2NC1=O. The molecule has 0 fully saturated rings. The molecule has 0 saturated heterocycles. The van der Waals surface area contributed by atoms with Gasteiger partial charge in [-0.3, -0.25) is 9.20 Å². The summed E-state index contributed by atoms with van der Waals surface area (Å²) in [5.41, 5.74) is 2.53. The molecule has 0 bridgehead atoms. The summed E-state index contributed by atoms with van der Waals surface area (Å²) in [5, 5.41) is 4.85. The maximum atomic E-state index is 11.6. The molecule has 1 aliphatic heterocycles. The molecule has 1 unspecified atom stereocenters. The fraction of sp³-hybridized carbons (Fsp3) is 0.143. The Balaban J connectivity index is 1.78. The molecule has 0 saturated carbocycles. The van der Waals surface area contributed by atoms with Gasteiger partial charge >= 0.3 is 0 Å². The van der Waals surface area contributed by atoms with Crippen LogP contribution in [-0.4, -0.2) is 21.4 Å². The van der Waals surface area contributed by atoms with Crippen molar-refractivity contribution in [3.05, 3.63) is 36.0 Å². The molecule has 6 heteroatoms. The predicted molar refractivity (Wildman–Crippen MR) is 77.2 cm³/mol. The first kappa shape index (κ1) is 11.5. The van der Waals surface area contributed by atoms with Crippen LogP contribution >= 0.6 is 11.3 Å². The number of carbonyl (C=O) groups excluding carboxylic acids is 1. The van der Waals surface area contributed by atoms with E-state index in [1.165, 1.54) is 0 Å². The minimum Gasteiger partial charge on any atom is -0.479 e. The molecule has 1 amide bonds. The Labute approximate surface area is 118 Å².